The maximum atomic E-state index is 13.6. The highest BCUT2D eigenvalue weighted by atomic mass is 35.5. The van der Waals surface area contributed by atoms with Gasteiger partial charge in [-0.3, -0.25) is 14.3 Å². The summed E-state index contributed by atoms with van der Waals surface area (Å²) < 4.78 is 6.80. The van der Waals surface area contributed by atoms with Gasteiger partial charge in [-0.05, 0) is 36.6 Å². The summed E-state index contributed by atoms with van der Waals surface area (Å²) in [6.45, 7) is 2.13. The van der Waals surface area contributed by atoms with Crippen LogP contribution in [0.1, 0.15) is 37.4 Å². The van der Waals surface area contributed by atoms with Gasteiger partial charge in [0.05, 0.1) is 35.2 Å². The molecule has 0 bridgehead atoms. The maximum absolute atomic E-state index is 13.6. The molecule has 0 radical (unpaired) electrons. The minimum Gasteiger partial charge on any atom is -0.481 e. The number of fused-ring (bicyclic) bond motifs is 1. The number of carbonyl (C=O) groups is 2. The van der Waals surface area contributed by atoms with Crippen LogP contribution in [0.5, 0.6) is 5.88 Å². The molecule has 9 heteroatoms. The molecular formula is C30H34ClN5O3. The Morgan fingerprint density at radius 3 is 2.56 bits per heavy atom. The third-order valence-electron chi connectivity index (χ3n) is 6.67. The van der Waals surface area contributed by atoms with Crippen LogP contribution in [0.3, 0.4) is 0 Å². The van der Waals surface area contributed by atoms with E-state index >= 15 is 0 Å². The molecule has 2 heterocycles. The molecule has 1 atom stereocenters. The predicted molar refractivity (Wildman–Crippen MR) is 154 cm³/mol. The Bertz CT molecular complexity index is 1410. The van der Waals surface area contributed by atoms with Crippen LogP contribution in [0.15, 0.2) is 66.9 Å². The fourth-order valence-electron chi connectivity index (χ4n) is 4.58. The second kappa shape index (κ2) is 13.2. The van der Waals surface area contributed by atoms with Gasteiger partial charge in [-0.2, -0.15) is 5.10 Å². The van der Waals surface area contributed by atoms with Crippen molar-refractivity contribution in [1.82, 2.24) is 20.1 Å². The van der Waals surface area contributed by atoms with E-state index in [9.17, 15) is 9.59 Å². The zero-order chi connectivity index (χ0) is 27.8. The quantitative estimate of drug-likeness (QED) is 0.246. The van der Waals surface area contributed by atoms with Gasteiger partial charge in [0, 0.05) is 24.9 Å². The van der Waals surface area contributed by atoms with Crippen LogP contribution in [0.25, 0.3) is 10.9 Å². The number of unbranched alkanes of at least 4 members (excludes halogenated alkanes) is 2. The number of ether oxygens (including phenoxy) is 1. The fraction of sp³-hybridized carbons (Fsp3) is 0.333. The first-order valence-electron chi connectivity index (χ1n) is 13.2. The molecule has 0 spiro atoms. The maximum Gasteiger partial charge on any atom is 0.249 e. The first kappa shape index (κ1) is 28.1. The van der Waals surface area contributed by atoms with Gasteiger partial charge in [0.25, 0.3) is 0 Å². The first-order chi connectivity index (χ1) is 18.9. The number of aromatic nitrogens is 3. The first-order valence-corrected chi connectivity index (χ1v) is 13.5. The number of amides is 2. The van der Waals surface area contributed by atoms with Crippen LogP contribution < -0.4 is 15.0 Å². The normalized spacial score (nSPS) is 11.8. The zero-order valence-corrected chi connectivity index (χ0v) is 23.3. The SMILES string of the molecule is CCCCCc1nn(CC(=O)NC(Cc2ccccc2)C(=O)N(C)c2ccc(OC)nc2)c2cccc(Cl)c12. The van der Waals surface area contributed by atoms with E-state index in [2.05, 4.69) is 17.2 Å². The summed E-state index contributed by atoms with van der Waals surface area (Å²) in [5.41, 5.74) is 3.22. The van der Waals surface area contributed by atoms with Crippen LogP contribution in [0, 0.1) is 0 Å². The lowest BCUT2D eigenvalue weighted by Crippen LogP contribution is -2.49. The number of hydrogen-bond acceptors (Lipinski definition) is 5. The number of anilines is 1. The lowest BCUT2D eigenvalue weighted by atomic mass is 10.0. The number of nitrogens with zero attached hydrogens (tertiary/aromatic N) is 4. The van der Waals surface area contributed by atoms with E-state index in [4.69, 9.17) is 21.4 Å². The summed E-state index contributed by atoms with van der Waals surface area (Å²) in [5.74, 6) is -0.114. The van der Waals surface area contributed by atoms with Crippen LogP contribution in [0.4, 0.5) is 5.69 Å². The minimum atomic E-state index is -0.790. The minimum absolute atomic E-state index is 0.0308. The van der Waals surface area contributed by atoms with Gasteiger partial charge in [-0.25, -0.2) is 4.98 Å². The highest BCUT2D eigenvalue weighted by Crippen LogP contribution is 2.28. The lowest BCUT2D eigenvalue weighted by Gasteiger charge is -2.25. The molecule has 0 aliphatic heterocycles. The van der Waals surface area contributed by atoms with E-state index in [-0.39, 0.29) is 18.4 Å². The Morgan fingerprint density at radius 2 is 1.87 bits per heavy atom. The number of carbonyl (C=O) groups excluding carboxylic acids is 2. The van der Waals surface area contributed by atoms with Crippen molar-refractivity contribution >= 4 is 40.0 Å². The van der Waals surface area contributed by atoms with Crippen molar-refractivity contribution in [2.75, 3.05) is 19.1 Å². The highest BCUT2D eigenvalue weighted by Gasteiger charge is 2.26. The second-order valence-electron chi connectivity index (χ2n) is 9.46. The summed E-state index contributed by atoms with van der Waals surface area (Å²) in [6, 6.07) is 17.9. The summed E-state index contributed by atoms with van der Waals surface area (Å²) in [7, 11) is 3.20. The van der Waals surface area contributed by atoms with Gasteiger partial charge < -0.3 is 15.0 Å². The molecule has 2 amide bonds. The van der Waals surface area contributed by atoms with Gasteiger partial charge in [0.1, 0.15) is 12.6 Å². The standard InChI is InChI=1S/C30H34ClN5O3/c1-4-5-7-14-24-29-23(31)13-10-15-26(29)36(34-24)20-27(37)33-25(18-21-11-8-6-9-12-21)30(38)35(2)22-16-17-28(39-3)32-19-22/h6,8-13,15-17,19,25H,4-5,7,14,18,20H2,1-3H3,(H,33,37). The highest BCUT2D eigenvalue weighted by molar-refractivity contribution is 6.35. The second-order valence-corrected chi connectivity index (χ2v) is 9.87. The molecule has 39 heavy (non-hydrogen) atoms. The number of methoxy groups -OCH3 is 1. The fourth-order valence-corrected chi connectivity index (χ4v) is 4.86. The Morgan fingerprint density at radius 1 is 1.08 bits per heavy atom. The molecule has 4 rings (SSSR count). The van der Waals surface area contributed by atoms with Crippen LogP contribution >= 0.6 is 11.6 Å². The van der Waals surface area contributed by atoms with Crippen LogP contribution in [0.2, 0.25) is 5.02 Å². The van der Waals surface area contributed by atoms with E-state index in [0.29, 0.717) is 23.0 Å². The molecule has 1 unspecified atom stereocenters. The molecule has 2 aromatic heterocycles. The van der Waals surface area contributed by atoms with Crippen molar-refractivity contribution < 1.29 is 14.3 Å². The molecule has 0 saturated heterocycles. The van der Waals surface area contributed by atoms with Crippen molar-refractivity contribution in [1.29, 1.82) is 0 Å². The summed E-state index contributed by atoms with van der Waals surface area (Å²) >= 11 is 6.54. The largest absolute Gasteiger partial charge is 0.481 e. The van der Waals surface area contributed by atoms with Crippen LogP contribution in [-0.2, 0) is 29.0 Å². The third kappa shape index (κ3) is 6.95. The van der Waals surface area contributed by atoms with Crippen molar-refractivity contribution in [3.05, 3.63) is 83.1 Å². The Balaban J connectivity index is 1.56. The van der Waals surface area contributed by atoms with E-state index in [1.54, 1.807) is 30.1 Å². The van der Waals surface area contributed by atoms with Crippen molar-refractivity contribution in [2.45, 2.75) is 51.6 Å². The van der Waals surface area contributed by atoms with Gasteiger partial charge in [0.15, 0.2) is 0 Å². The van der Waals surface area contributed by atoms with Crippen molar-refractivity contribution in [3.63, 3.8) is 0 Å². The predicted octanol–water partition coefficient (Wildman–Crippen LogP) is 5.22. The Labute approximate surface area is 233 Å². The van der Waals surface area contributed by atoms with E-state index in [0.717, 1.165) is 47.8 Å². The number of benzene rings is 2. The Hall–Kier alpha value is -3.91. The van der Waals surface area contributed by atoms with Gasteiger partial charge in [0.2, 0.25) is 17.7 Å². The summed E-state index contributed by atoms with van der Waals surface area (Å²) in [4.78, 5) is 32.7. The number of hydrogen-bond donors (Lipinski definition) is 1. The number of nitrogens with one attached hydrogen (secondary N) is 1. The molecule has 1 N–H and O–H groups in total. The van der Waals surface area contributed by atoms with Crippen molar-refractivity contribution in [2.24, 2.45) is 0 Å². The Kier molecular flexibility index (Phi) is 9.54. The molecule has 4 aromatic rings. The number of rotatable bonds is 12. The smallest absolute Gasteiger partial charge is 0.249 e. The van der Waals surface area contributed by atoms with Gasteiger partial charge in [-0.1, -0.05) is 67.8 Å². The average Bonchev–Trinajstić information content (AvgIpc) is 3.30. The summed E-state index contributed by atoms with van der Waals surface area (Å²) in [6.07, 6.45) is 5.90. The number of aryl methyl sites for hydroxylation is 1. The molecule has 0 aliphatic rings. The topological polar surface area (TPSA) is 89.4 Å². The average molecular weight is 548 g/mol. The van der Waals surface area contributed by atoms with Crippen LogP contribution in [-0.4, -0.2) is 46.8 Å². The van der Waals surface area contributed by atoms with Gasteiger partial charge >= 0.3 is 0 Å². The molecule has 0 saturated carbocycles. The monoisotopic (exact) mass is 547 g/mol. The molecule has 0 aliphatic carbocycles. The lowest BCUT2D eigenvalue weighted by molar-refractivity contribution is -0.127. The van der Waals surface area contributed by atoms with Gasteiger partial charge in [-0.15, -0.1) is 0 Å². The molecular weight excluding hydrogens is 514 g/mol. The molecule has 8 nitrogen and oxygen atoms in total. The van der Waals surface area contributed by atoms with E-state index in [1.807, 2.05) is 48.5 Å². The zero-order valence-electron chi connectivity index (χ0n) is 22.6. The van der Waals surface area contributed by atoms with Crippen molar-refractivity contribution in [3.8, 4) is 5.88 Å². The number of pyridine rings is 1. The number of likely N-dealkylation sites (N-methyl/N-ethyl adjacent to an activating group) is 1. The van der Waals surface area contributed by atoms with E-state index < -0.39 is 6.04 Å². The summed E-state index contributed by atoms with van der Waals surface area (Å²) in [5, 5.41) is 9.22. The molecule has 204 valence electrons. The number of halogens is 1. The molecule has 2 aromatic carbocycles. The third-order valence-corrected chi connectivity index (χ3v) is 6.99. The molecule has 0 fully saturated rings. The van der Waals surface area contributed by atoms with E-state index in [1.165, 1.54) is 12.0 Å².